The van der Waals surface area contributed by atoms with Crippen LogP contribution in [0.15, 0.2) is 53.0 Å². The van der Waals surface area contributed by atoms with Gasteiger partial charge in [-0.3, -0.25) is 4.79 Å². The molecule has 19 heavy (non-hydrogen) atoms. The summed E-state index contributed by atoms with van der Waals surface area (Å²) in [7, 11) is 0. The molecule has 2 rings (SSSR count). The molecule has 0 saturated heterocycles. The minimum absolute atomic E-state index is 0.198. The van der Waals surface area contributed by atoms with Crippen molar-refractivity contribution in [2.24, 2.45) is 5.73 Å². The Labute approximate surface area is 124 Å². The molecule has 0 saturated carbocycles. The first-order valence-electron chi connectivity index (χ1n) is 5.53. The van der Waals surface area contributed by atoms with Crippen LogP contribution in [0.2, 0.25) is 0 Å². The number of nitrogens with one attached hydrogen (secondary N) is 1. The highest BCUT2D eigenvalue weighted by molar-refractivity contribution is 9.10. The molecule has 0 bridgehead atoms. The van der Waals surface area contributed by atoms with Gasteiger partial charge in [0.25, 0.3) is 5.91 Å². The van der Waals surface area contributed by atoms with Crippen LogP contribution in [0.5, 0.6) is 0 Å². The van der Waals surface area contributed by atoms with E-state index < -0.39 is 0 Å². The number of hydrogen-bond acceptors (Lipinski definition) is 2. The van der Waals surface area contributed by atoms with E-state index in [1.807, 2.05) is 24.3 Å². The summed E-state index contributed by atoms with van der Waals surface area (Å²) in [6.45, 7) is 0. The largest absolute Gasteiger partial charge is 0.389 e. The predicted molar refractivity (Wildman–Crippen MR) is 84.4 cm³/mol. The van der Waals surface area contributed by atoms with Crippen LogP contribution in [0.4, 0.5) is 5.69 Å². The molecule has 0 aromatic heterocycles. The highest BCUT2D eigenvalue weighted by Gasteiger charge is 2.10. The lowest BCUT2D eigenvalue weighted by Gasteiger charge is -2.10. The molecule has 0 aliphatic rings. The van der Waals surface area contributed by atoms with Gasteiger partial charge in [-0.05, 0) is 30.3 Å². The number of carbonyl (C=O) groups is 1. The van der Waals surface area contributed by atoms with Crippen molar-refractivity contribution in [2.45, 2.75) is 0 Å². The number of nitrogens with two attached hydrogens (primary N) is 1. The highest BCUT2D eigenvalue weighted by atomic mass is 79.9. The third-order valence-electron chi connectivity index (χ3n) is 2.53. The minimum Gasteiger partial charge on any atom is -0.389 e. The van der Waals surface area contributed by atoms with Crippen molar-refractivity contribution < 1.29 is 4.79 Å². The molecular weight excluding hydrogens is 324 g/mol. The Kier molecular flexibility index (Phi) is 4.29. The van der Waals surface area contributed by atoms with Gasteiger partial charge in [-0.15, -0.1) is 0 Å². The fourth-order valence-corrected chi connectivity index (χ4v) is 2.16. The summed E-state index contributed by atoms with van der Waals surface area (Å²) >= 11 is 8.33. The van der Waals surface area contributed by atoms with E-state index >= 15 is 0 Å². The number of thiocarbonyl (C=S) groups is 1. The van der Waals surface area contributed by atoms with Gasteiger partial charge in [0.1, 0.15) is 4.99 Å². The van der Waals surface area contributed by atoms with Crippen molar-refractivity contribution in [1.29, 1.82) is 0 Å². The predicted octanol–water partition coefficient (Wildman–Crippen LogP) is 3.34. The topological polar surface area (TPSA) is 55.1 Å². The maximum Gasteiger partial charge on any atom is 0.255 e. The number of halogens is 1. The third kappa shape index (κ3) is 3.39. The van der Waals surface area contributed by atoms with Gasteiger partial charge < -0.3 is 11.1 Å². The van der Waals surface area contributed by atoms with Crippen molar-refractivity contribution in [3.63, 3.8) is 0 Å². The summed E-state index contributed by atoms with van der Waals surface area (Å²) in [5, 5.41) is 2.81. The Morgan fingerprint density at radius 3 is 2.47 bits per heavy atom. The van der Waals surface area contributed by atoms with Crippen LogP contribution < -0.4 is 11.1 Å². The van der Waals surface area contributed by atoms with Crippen LogP contribution in [-0.4, -0.2) is 10.9 Å². The van der Waals surface area contributed by atoms with Crippen LogP contribution in [-0.2, 0) is 0 Å². The zero-order valence-corrected chi connectivity index (χ0v) is 12.3. The molecule has 3 nitrogen and oxygen atoms in total. The Morgan fingerprint density at radius 1 is 1.16 bits per heavy atom. The molecule has 0 unspecified atom stereocenters. The number of anilines is 1. The standard InChI is InChI=1S/C14H11BrN2OS/c15-10-6-7-11(13(16)19)12(8-10)17-14(18)9-4-2-1-3-5-9/h1-8H,(H2,16,19)(H,17,18). The maximum atomic E-state index is 12.1. The molecule has 0 radical (unpaired) electrons. The molecule has 2 aromatic carbocycles. The van der Waals surface area contributed by atoms with Gasteiger partial charge in [-0.1, -0.05) is 46.3 Å². The average Bonchev–Trinajstić information content (AvgIpc) is 2.39. The zero-order chi connectivity index (χ0) is 13.8. The molecule has 0 heterocycles. The van der Waals surface area contributed by atoms with Crippen molar-refractivity contribution >= 4 is 44.7 Å². The van der Waals surface area contributed by atoms with Gasteiger partial charge in [0.05, 0.1) is 5.69 Å². The zero-order valence-electron chi connectivity index (χ0n) is 9.89. The molecule has 5 heteroatoms. The van der Waals surface area contributed by atoms with Crippen molar-refractivity contribution in [1.82, 2.24) is 0 Å². The van der Waals surface area contributed by atoms with E-state index in [4.69, 9.17) is 18.0 Å². The Hall–Kier alpha value is -1.72. The van der Waals surface area contributed by atoms with E-state index in [0.29, 0.717) is 16.8 Å². The van der Waals surface area contributed by atoms with E-state index in [0.717, 1.165) is 4.47 Å². The number of rotatable bonds is 3. The van der Waals surface area contributed by atoms with Gasteiger partial charge in [-0.2, -0.15) is 0 Å². The number of carbonyl (C=O) groups excluding carboxylic acids is 1. The van der Waals surface area contributed by atoms with Crippen LogP contribution in [0, 0.1) is 0 Å². The number of amides is 1. The van der Waals surface area contributed by atoms with Gasteiger partial charge in [0.15, 0.2) is 0 Å². The van der Waals surface area contributed by atoms with Crippen LogP contribution >= 0.6 is 28.1 Å². The monoisotopic (exact) mass is 334 g/mol. The number of hydrogen-bond donors (Lipinski definition) is 2. The molecule has 0 fully saturated rings. The fraction of sp³-hybridized carbons (Fsp3) is 0. The smallest absolute Gasteiger partial charge is 0.255 e. The molecule has 1 amide bonds. The SMILES string of the molecule is NC(=S)c1ccc(Br)cc1NC(=O)c1ccccc1. The van der Waals surface area contributed by atoms with Crippen LogP contribution in [0.1, 0.15) is 15.9 Å². The van der Waals surface area contributed by atoms with Gasteiger partial charge in [0, 0.05) is 15.6 Å². The maximum absolute atomic E-state index is 12.1. The lowest BCUT2D eigenvalue weighted by Crippen LogP contribution is -2.17. The first-order valence-corrected chi connectivity index (χ1v) is 6.74. The summed E-state index contributed by atoms with van der Waals surface area (Å²) < 4.78 is 0.843. The van der Waals surface area contributed by atoms with Gasteiger partial charge in [0.2, 0.25) is 0 Å². The Morgan fingerprint density at radius 2 is 1.84 bits per heavy atom. The lowest BCUT2D eigenvalue weighted by atomic mass is 10.1. The normalized spacial score (nSPS) is 9.95. The molecule has 0 spiro atoms. The molecule has 0 aliphatic heterocycles. The van der Waals surface area contributed by atoms with Crippen LogP contribution in [0.25, 0.3) is 0 Å². The first-order chi connectivity index (χ1) is 9.08. The molecule has 3 N–H and O–H groups in total. The summed E-state index contributed by atoms with van der Waals surface area (Å²) in [5.41, 5.74) is 7.46. The van der Waals surface area contributed by atoms with Crippen molar-refractivity contribution in [3.05, 3.63) is 64.1 Å². The molecule has 2 aromatic rings. The summed E-state index contributed by atoms with van der Waals surface area (Å²) in [5.74, 6) is -0.198. The van der Waals surface area contributed by atoms with Crippen molar-refractivity contribution in [3.8, 4) is 0 Å². The second-order valence-electron chi connectivity index (χ2n) is 3.87. The second-order valence-corrected chi connectivity index (χ2v) is 5.23. The van der Waals surface area contributed by atoms with Gasteiger partial charge in [-0.25, -0.2) is 0 Å². The van der Waals surface area contributed by atoms with E-state index in [1.54, 1.807) is 24.3 Å². The van der Waals surface area contributed by atoms with Crippen molar-refractivity contribution in [2.75, 3.05) is 5.32 Å². The average molecular weight is 335 g/mol. The third-order valence-corrected chi connectivity index (χ3v) is 3.24. The Balaban J connectivity index is 2.31. The molecule has 0 atom stereocenters. The molecule has 0 aliphatic carbocycles. The molecular formula is C14H11BrN2OS. The summed E-state index contributed by atoms with van der Waals surface area (Å²) in [4.78, 5) is 12.3. The Bertz CT molecular complexity index is 629. The first kappa shape index (κ1) is 13.7. The minimum atomic E-state index is -0.198. The second kappa shape index (κ2) is 5.95. The van der Waals surface area contributed by atoms with E-state index in [-0.39, 0.29) is 10.9 Å². The van der Waals surface area contributed by atoms with E-state index in [9.17, 15) is 4.79 Å². The summed E-state index contributed by atoms with van der Waals surface area (Å²) in [6, 6.07) is 14.3. The van der Waals surface area contributed by atoms with Gasteiger partial charge >= 0.3 is 0 Å². The number of benzene rings is 2. The van der Waals surface area contributed by atoms with Crippen LogP contribution in [0.3, 0.4) is 0 Å². The highest BCUT2D eigenvalue weighted by Crippen LogP contribution is 2.22. The quantitative estimate of drug-likeness (QED) is 0.846. The molecule has 96 valence electrons. The summed E-state index contributed by atoms with van der Waals surface area (Å²) in [6.07, 6.45) is 0. The van der Waals surface area contributed by atoms with E-state index in [1.165, 1.54) is 0 Å². The lowest BCUT2D eigenvalue weighted by molar-refractivity contribution is 0.102. The van der Waals surface area contributed by atoms with E-state index in [2.05, 4.69) is 21.2 Å². The fourth-order valence-electron chi connectivity index (χ4n) is 1.62.